The first-order chi connectivity index (χ1) is 15.0. The Morgan fingerprint density at radius 1 is 0.968 bits per heavy atom. The molecular formula is C24H22N2O3S2. The molecule has 1 aliphatic heterocycles. The first kappa shape index (κ1) is 20.2. The summed E-state index contributed by atoms with van der Waals surface area (Å²) >= 11 is 1.51. The van der Waals surface area contributed by atoms with Crippen molar-refractivity contribution in [2.24, 2.45) is 5.92 Å². The Morgan fingerprint density at radius 3 is 2.48 bits per heavy atom. The third kappa shape index (κ3) is 4.20. The molecule has 3 aromatic carbocycles. The Bertz CT molecular complexity index is 1240. The lowest BCUT2D eigenvalue weighted by atomic mass is 10.2. The van der Waals surface area contributed by atoms with E-state index in [-0.39, 0.29) is 16.7 Å². The third-order valence-corrected chi connectivity index (χ3v) is 8.00. The van der Waals surface area contributed by atoms with Crippen molar-refractivity contribution in [3.63, 3.8) is 0 Å². The number of benzene rings is 3. The normalized spacial score (nSPS) is 15.5. The molecule has 1 N–H and O–H groups in total. The lowest BCUT2D eigenvalue weighted by molar-refractivity contribution is -0.119. The average molecular weight is 451 g/mol. The summed E-state index contributed by atoms with van der Waals surface area (Å²) in [6.45, 7) is 0.623. The quantitative estimate of drug-likeness (QED) is 0.578. The maximum Gasteiger partial charge on any atom is 0.261 e. The minimum absolute atomic E-state index is 0.148. The standard InChI is InChI=1S/C24H22N2O3S2/c27-24(17-10-11-17)26-15-14-18-16-20(12-13-22(18)26)31(28,29)25-21-8-4-5-9-23(21)30-19-6-2-1-3-7-19/h1-9,12-13,16-17,25H,10-11,14-15H2. The van der Waals surface area contributed by atoms with E-state index in [0.29, 0.717) is 18.7 Å². The molecule has 0 spiro atoms. The summed E-state index contributed by atoms with van der Waals surface area (Å²) in [5.41, 5.74) is 2.29. The number of carbonyl (C=O) groups excluding carboxylic acids is 1. The number of hydrogen-bond donors (Lipinski definition) is 1. The van der Waals surface area contributed by atoms with Crippen LogP contribution in [-0.4, -0.2) is 20.9 Å². The summed E-state index contributed by atoms with van der Waals surface area (Å²) in [5, 5.41) is 0. The summed E-state index contributed by atoms with van der Waals surface area (Å²) in [4.78, 5) is 16.4. The van der Waals surface area contributed by atoms with Gasteiger partial charge in [0.05, 0.1) is 10.6 Å². The lowest BCUT2D eigenvalue weighted by Crippen LogP contribution is -2.30. The molecule has 1 amide bonds. The summed E-state index contributed by atoms with van der Waals surface area (Å²) in [5.74, 6) is 0.314. The smallest absolute Gasteiger partial charge is 0.261 e. The molecule has 1 saturated carbocycles. The van der Waals surface area contributed by atoms with E-state index in [4.69, 9.17) is 0 Å². The number of anilines is 2. The lowest BCUT2D eigenvalue weighted by Gasteiger charge is -2.17. The number of para-hydroxylation sites is 1. The fourth-order valence-corrected chi connectivity index (χ4v) is 5.90. The topological polar surface area (TPSA) is 66.5 Å². The van der Waals surface area contributed by atoms with Crippen molar-refractivity contribution >= 4 is 39.1 Å². The van der Waals surface area contributed by atoms with Crippen LogP contribution in [0.1, 0.15) is 18.4 Å². The molecular weight excluding hydrogens is 428 g/mol. The highest BCUT2D eigenvalue weighted by Crippen LogP contribution is 2.38. The zero-order chi connectivity index (χ0) is 21.4. The molecule has 0 atom stereocenters. The van der Waals surface area contributed by atoms with Gasteiger partial charge in [-0.25, -0.2) is 8.42 Å². The van der Waals surface area contributed by atoms with Gasteiger partial charge in [0.2, 0.25) is 5.91 Å². The van der Waals surface area contributed by atoms with Gasteiger partial charge < -0.3 is 4.90 Å². The van der Waals surface area contributed by atoms with Crippen LogP contribution < -0.4 is 9.62 Å². The molecule has 3 aromatic rings. The van der Waals surface area contributed by atoms with E-state index in [1.165, 1.54) is 11.8 Å². The van der Waals surface area contributed by atoms with Crippen LogP contribution in [0.15, 0.2) is 87.5 Å². The number of fused-ring (bicyclic) bond motifs is 1. The Morgan fingerprint density at radius 2 is 1.71 bits per heavy atom. The summed E-state index contributed by atoms with van der Waals surface area (Å²) in [6, 6.07) is 22.3. The Hall–Kier alpha value is -2.77. The molecule has 1 aliphatic carbocycles. The van der Waals surface area contributed by atoms with Gasteiger partial charge in [0.1, 0.15) is 0 Å². The van der Waals surface area contributed by atoms with Gasteiger partial charge in [0, 0.05) is 27.9 Å². The molecule has 158 valence electrons. The van der Waals surface area contributed by atoms with E-state index < -0.39 is 10.0 Å². The van der Waals surface area contributed by atoms with Crippen molar-refractivity contribution in [1.82, 2.24) is 0 Å². The highest BCUT2D eigenvalue weighted by Gasteiger charge is 2.36. The highest BCUT2D eigenvalue weighted by atomic mass is 32.2. The number of carbonyl (C=O) groups is 1. The van der Waals surface area contributed by atoms with E-state index in [0.717, 1.165) is 33.9 Å². The Labute approximate surface area is 186 Å². The molecule has 5 rings (SSSR count). The van der Waals surface area contributed by atoms with Gasteiger partial charge in [-0.1, -0.05) is 42.1 Å². The number of nitrogens with one attached hydrogen (secondary N) is 1. The van der Waals surface area contributed by atoms with Crippen molar-refractivity contribution in [3.8, 4) is 0 Å². The van der Waals surface area contributed by atoms with Gasteiger partial charge in [-0.05, 0) is 67.3 Å². The molecule has 5 nitrogen and oxygen atoms in total. The number of hydrogen-bond acceptors (Lipinski definition) is 4. The van der Waals surface area contributed by atoms with Crippen LogP contribution in [0.5, 0.6) is 0 Å². The zero-order valence-corrected chi connectivity index (χ0v) is 18.5. The molecule has 0 aromatic heterocycles. The van der Waals surface area contributed by atoms with E-state index >= 15 is 0 Å². The largest absolute Gasteiger partial charge is 0.312 e. The molecule has 2 aliphatic rings. The molecule has 31 heavy (non-hydrogen) atoms. The van der Waals surface area contributed by atoms with Crippen LogP contribution in [0.3, 0.4) is 0 Å². The molecule has 0 unspecified atom stereocenters. The van der Waals surface area contributed by atoms with E-state index in [1.54, 1.807) is 24.3 Å². The van der Waals surface area contributed by atoms with E-state index in [1.807, 2.05) is 53.4 Å². The first-order valence-electron chi connectivity index (χ1n) is 10.3. The van der Waals surface area contributed by atoms with Crippen molar-refractivity contribution in [2.45, 2.75) is 33.9 Å². The fraction of sp³-hybridized carbons (Fsp3) is 0.208. The first-order valence-corrected chi connectivity index (χ1v) is 12.6. The van der Waals surface area contributed by atoms with Crippen LogP contribution >= 0.6 is 11.8 Å². The number of sulfonamides is 1. The minimum Gasteiger partial charge on any atom is -0.312 e. The SMILES string of the molecule is O=C(C1CC1)N1CCc2cc(S(=O)(=O)Nc3ccccc3Sc3ccccc3)ccc21. The van der Waals surface area contributed by atoms with Gasteiger partial charge in [0.15, 0.2) is 0 Å². The molecule has 0 bridgehead atoms. The maximum atomic E-state index is 13.1. The van der Waals surface area contributed by atoms with E-state index in [2.05, 4.69) is 4.72 Å². The molecule has 7 heteroatoms. The summed E-state index contributed by atoms with van der Waals surface area (Å²) in [7, 11) is -3.76. The fourth-order valence-electron chi connectivity index (χ4n) is 3.78. The monoisotopic (exact) mass is 450 g/mol. The van der Waals surface area contributed by atoms with E-state index in [9.17, 15) is 13.2 Å². The second-order valence-corrected chi connectivity index (χ2v) is 10.6. The van der Waals surface area contributed by atoms with Gasteiger partial charge >= 0.3 is 0 Å². The molecule has 1 heterocycles. The minimum atomic E-state index is -3.76. The molecule has 1 fully saturated rings. The summed E-state index contributed by atoms with van der Waals surface area (Å²) < 4.78 is 29.0. The maximum absolute atomic E-state index is 13.1. The van der Waals surface area contributed by atoms with Crippen LogP contribution in [0.4, 0.5) is 11.4 Å². The Kier molecular flexibility index (Phi) is 5.24. The number of rotatable bonds is 6. The second kappa shape index (κ2) is 8.05. The third-order valence-electron chi connectivity index (χ3n) is 5.55. The zero-order valence-electron chi connectivity index (χ0n) is 16.8. The predicted octanol–water partition coefficient (Wildman–Crippen LogP) is 4.94. The van der Waals surface area contributed by atoms with Crippen molar-refractivity contribution < 1.29 is 13.2 Å². The van der Waals surface area contributed by atoms with Crippen LogP contribution in [0.2, 0.25) is 0 Å². The van der Waals surface area contributed by atoms with Crippen LogP contribution in [-0.2, 0) is 21.2 Å². The predicted molar refractivity (Wildman–Crippen MR) is 123 cm³/mol. The molecule has 0 radical (unpaired) electrons. The highest BCUT2D eigenvalue weighted by molar-refractivity contribution is 7.99. The summed E-state index contributed by atoms with van der Waals surface area (Å²) in [6.07, 6.45) is 2.60. The van der Waals surface area contributed by atoms with Crippen molar-refractivity contribution in [1.29, 1.82) is 0 Å². The van der Waals surface area contributed by atoms with Gasteiger partial charge in [-0.2, -0.15) is 0 Å². The molecule has 0 saturated heterocycles. The van der Waals surface area contributed by atoms with Gasteiger partial charge in [-0.3, -0.25) is 9.52 Å². The number of amides is 1. The van der Waals surface area contributed by atoms with Crippen LogP contribution in [0, 0.1) is 5.92 Å². The van der Waals surface area contributed by atoms with Crippen LogP contribution in [0.25, 0.3) is 0 Å². The van der Waals surface area contributed by atoms with Gasteiger partial charge in [-0.15, -0.1) is 0 Å². The van der Waals surface area contributed by atoms with Crippen molar-refractivity contribution in [3.05, 3.63) is 78.4 Å². The Balaban J connectivity index is 1.39. The van der Waals surface area contributed by atoms with Crippen molar-refractivity contribution in [2.75, 3.05) is 16.2 Å². The number of nitrogens with zero attached hydrogens (tertiary/aromatic N) is 1. The van der Waals surface area contributed by atoms with Gasteiger partial charge in [0.25, 0.3) is 10.0 Å². The second-order valence-electron chi connectivity index (χ2n) is 7.82. The average Bonchev–Trinajstić information content (AvgIpc) is 3.54.